The van der Waals surface area contributed by atoms with Gasteiger partial charge in [-0.05, 0) is 37.8 Å². The van der Waals surface area contributed by atoms with Crippen molar-refractivity contribution in [1.82, 2.24) is 9.80 Å². The Morgan fingerprint density at radius 3 is 2.46 bits per heavy atom. The molecule has 4 rings (SSSR count). The van der Waals surface area contributed by atoms with Crippen LogP contribution in [0.3, 0.4) is 0 Å². The average molecular weight is 375 g/mol. The van der Waals surface area contributed by atoms with Crippen molar-refractivity contribution < 1.29 is 14.3 Å². The van der Waals surface area contributed by atoms with Gasteiger partial charge in [0.2, 0.25) is 5.91 Å². The minimum absolute atomic E-state index is 0.0824. The first-order chi connectivity index (χ1) is 12.7. The SMILES string of the molecule is O=C(c1ccccc1SC[C@@H]1CCCO1)N1CCN(C(=O)C2CC2)CC1. The third-order valence-corrected chi connectivity index (χ3v) is 6.58. The van der Waals surface area contributed by atoms with Gasteiger partial charge in [-0.25, -0.2) is 0 Å². The maximum absolute atomic E-state index is 13.0. The zero-order valence-electron chi connectivity index (χ0n) is 15.1. The highest BCUT2D eigenvalue weighted by Gasteiger charge is 2.35. The lowest BCUT2D eigenvalue weighted by Gasteiger charge is -2.35. The number of hydrogen-bond donors (Lipinski definition) is 0. The molecule has 2 amide bonds. The van der Waals surface area contributed by atoms with E-state index in [4.69, 9.17) is 4.74 Å². The fraction of sp³-hybridized carbons (Fsp3) is 0.600. The van der Waals surface area contributed by atoms with E-state index in [1.807, 2.05) is 34.1 Å². The highest BCUT2D eigenvalue weighted by atomic mass is 32.2. The molecule has 1 aliphatic carbocycles. The summed E-state index contributed by atoms with van der Waals surface area (Å²) in [7, 11) is 0. The molecule has 140 valence electrons. The minimum Gasteiger partial charge on any atom is -0.377 e. The molecule has 1 saturated carbocycles. The third kappa shape index (κ3) is 4.07. The van der Waals surface area contributed by atoms with Crippen LogP contribution < -0.4 is 0 Å². The molecule has 0 spiro atoms. The molecule has 5 nitrogen and oxygen atoms in total. The lowest BCUT2D eigenvalue weighted by atomic mass is 10.1. The second-order valence-corrected chi connectivity index (χ2v) is 8.40. The summed E-state index contributed by atoms with van der Waals surface area (Å²) < 4.78 is 5.70. The zero-order chi connectivity index (χ0) is 17.9. The van der Waals surface area contributed by atoms with E-state index < -0.39 is 0 Å². The van der Waals surface area contributed by atoms with Gasteiger partial charge < -0.3 is 14.5 Å². The van der Waals surface area contributed by atoms with Gasteiger partial charge >= 0.3 is 0 Å². The van der Waals surface area contributed by atoms with Crippen LogP contribution in [0.15, 0.2) is 29.2 Å². The van der Waals surface area contributed by atoms with Gasteiger partial charge in [-0.15, -0.1) is 11.8 Å². The van der Waals surface area contributed by atoms with E-state index in [1.165, 1.54) is 0 Å². The van der Waals surface area contributed by atoms with Crippen LogP contribution in [0.1, 0.15) is 36.0 Å². The Morgan fingerprint density at radius 2 is 1.77 bits per heavy atom. The van der Waals surface area contributed by atoms with Crippen molar-refractivity contribution in [1.29, 1.82) is 0 Å². The highest BCUT2D eigenvalue weighted by Crippen LogP contribution is 2.31. The Kier molecular flexibility index (Phi) is 5.50. The van der Waals surface area contributed by atoms with Crippen LogP contribution in [-0.2, 0) is 9.53 Å². The van der Waals surface area contributed by atoms with Gasteiger partial charge in [0.05, 0.1) is 11.7 Å². The van der Waals surface area contributed by atoms with Crippen molar-refractivity contribution >= 4 is 23.6 Å². The number of nitrogens with zero attached hydrogens (tertiary/aromatic N) is 2. The smallest absolute Gasteiger partial charge is 0.255 e. The minimum atomic E-state index is 0.0824. The summed E-state index contributed by atoms with van der Waals surface area (Å²) >= 11 is 1.72. The molecule has 0 aromatic heterocycles. The summed E-state index contributed by atoms with van der Waals surface area (Å²) in [6.45, 7) is 3.43. The molecule has 0 N–H and O–H groups in total. The second-order valence-electron chi connectivity index (χ2n) is 7.33. The first kappa shape index (κ1) is 17.9. The van der Waals surface area contributed by atoms with Crippen molar-refractivity contribution in [2.45, 2.75) is 36.7 Å². The summed E-state index contributed by atoms with van der Waals surface area (Å²) in [6, 6.07) is 7.86. The molecule has 2 aliphatic heterocycles. The van der Waals surface area contributed by atoms with Crippen LogP contribution in [0, 0.1) is 5.92 Å². The Labute approximate surface area is 159 Å². The Bertz CT molecular complexity index is 663. The van der Waals surface area contributed by atoms with E-state index in [0.29, 0.717) is 32.3 Å². The van der Waals surface area contributed by atoms with Gasteiger partial charge in [0, 0.05) is 49.4 Å². The molecule has 6 heteroatoms. The number of carbonyl (C=O) groups is 2. The molecule has 0 bridgehead atoms. The number of piperazine rings is 1. The Balaban J connectivity index is 1.36. The number of carbonyl (C=O) groups excluding carboxylic acids is 2. The highest BCUT2D eigenvalue weighted by molar-refractivity contribution is 7.99. The van der Waals surface area contributed by atoms with E-state index in [2.05, 4.69) is 0 Å². The average Bonchev–Trinajstić information content (AvgIpc) is 3.41. The number of ether oxygens (including phenoxy) is 1. The fourth-order valence-corrected chi connectivity index (χ4v) is 4.73. The van der Waals surface area contributed by atoms with Crippen molar-refractivity contribution in [2.24, 2.45) is 5.92 Å². The molecule has 2 saturated heterocycles. The number of thioether (sulfide) groups is 1. The van der Waals surface area contributed by atoms with Crippen molar-refractivity contribution in [3.63, 3.8) is 0 Å². The standard InChI is InChI=1S/C20H26N2O3S/c23-19(15-7-8-15)21-9-11-22(12-10-21)20(24)17-5-1-2-6-18(17)26-14-16-4-3-13-25-16/h1-2,5-6,15-16H,3-4,7-14H2/t16-/m0/s1. The number of amides is 2. The number of rotatable bonds is 5. The molecule has 0 radical (unpaired) electrons. The molecule has 3 aliphatic rings. The first-order valence-electron chi connectivity index (χ1n) is 9.64. The van der Waals surface area contributed by atoms with Crippen LogP contribution in [0.5, 0.6) is 0 Å². The summed E-state index contributed by atoms with van der Waals surface area (Å²) in [6.07, 6.45) is 4.62. The van der Waals surface area contributed by atoms with E-state index in [1.54, 1.807) is 11.8 Å². The summed E-state index contributed by atoms with van der Waals surface area (Å²) in [4.78, 5) is 30.0. The maximum atomic E-state index is 13.0. The molecule has 1 atom stereocenters. The van der Waals surface area contributed by atoms with Gasteiger partial charge in [0.15, 0.2) is 0 Å². The third-order valence-electron chi connectivity index (χ3n) is 5.37. The van der Waals surface area contributed by atoms with Crippen molar-refractivity contribution in [2.75, 3.05) is 38.5 Å². The molecule has 1 aromatic carbocycles. The molecular formula is C20H26N2O3S. The Hall–Kier alpha value is -1.53. The van der Waals surface area contributed by atoms with Crippen LogP contribution in [0.2, 0.25) is 0 Å². The largest absolute Gasteiger partial charge is 0.377 e. The quantitative estimate of drug-likeness (QED) is 0.744. The molecule has 3 fully saturated rings. The second kappa shape index (κ2) is 8.01. The normalized spacial score (nSPS) is 23.3. The molecule has 26 heavy (non-hydrogen) atoms. The lowest BCUT2D eigenvalue weighted by molar-refractivity contribution is -0.134. The monoisotopic (exact) mass is 374 g/mol. The predicted molar refractivity (Wildman–Crippen MR) is 101 cm³/mol. The summed E-state index contributed by atoms with van der Waals surface area (Å²) in [5, 5.41) is 0. The number of benzene rings is 1. The maximum Gasteiger partial charge on any atom is 0.255 e. The molecule has 2 heterocycles. The first-order valence-corrected chi connectivity index (χ1v) is 10.6. The number of hydrogen-bond acceptors (Lipinski definition) is 4. The summed E-state index contributed by atoms with van der Waals surface area (Å²) in [5.41, 5.74) is 0.775. The zero-order valence-corrected chi connectivity index (χ0v) is 15.9. The lowest BCUT2D eigenvalue weighted by Crippen LogP contribution is -2.51. The van der Waals surface area contributed by atoms with E-state index in [0.717, 1.165) is 48.5 Å². The van der Waals surface area contributed by atoms with Gasteiger partial charge in [0.25, 0.3) is 5.91 Å². The van der Waals surface area contributed by atoms with Crippen LogP contribution in [0.25, 0.3) is 0 Å². The van der Waals surface area contributed by atoms with Gasteiger partial charge in [0.1, 0.15) is 0 Å². The topological polar surface area (TPSA) is 49.9 Å². The molecule has 1 aromatic rings. The van der Waals surface area contributed by atoms with Gasteiger partial charge in [-0.3, -0.25) is 9.59 Å². The van der Waals surface area contributed by atoms with Crippen molar-refractivity contribution in [3.8, 4) is 0 Å². The van der Waals surface area contributed by atoms with Crippen LogP contribution >= 0.6 is 11.8 Å². The summed E-state index contributed by atoms with van der Waals surface area (Å²) in [5.74, 6) is 1.52. The molecule has 0 unspecified atom stereocenters. The van der Waals surface area contributed by atoms with E-state index in [9.17, 15) is 9.59 Å². The Morgan fingerprint density at radius 1 is 1.04 bits per heavy atom. The van der Waals surface area contributed by atoms with Gasteiger partial charge in [-0.2, -0.15) is 0 Å². The van der Waals surface area contributed by atoms with Crippen LogP contribution in [0.4, 0.5) is 0 Å². The molecular weight excluding hydrogens is 348 g/mol. The van der Waals surface area contributed by atoms with Crippen molar-refractivity contribution in [3.05, 3.63) is 29.8 Å². The van der Waals surface area contributed by atoms with E-state index >= 15 is 0 Å². The fourth-order valence-electron chi connectivity index (χ4n) is 3.62. The van der Waals surface area contributed by atoms with Crippen LogP contribution in [-0.4, -0.2) is 66.3 Å². The van der Waals surface area contributed by atoms with Gasteiger partial charge in [-0.1, -0.05) is 12.1 Å². The predicted octanol–water partition coefficient (Wildman–Crippen LogP) is 2.65. The van der Waals surface area contributed by atoms with E-state index in [-0.39, 0.29) is 17.7 Å².